The van der Waals surface area contributed by atoms with E-state index in [4.69, 9.17) is 9.84 Å². The van der Waals surface area contributed by atoms with E-state index in [0.717, 1.165) is 11.3 Å². The number of carbonyl (C=O) groups is 1. The van der Waals surface area contributed by atoms with Crippen LogP contribution in [0.25, 0.3) is 0 Å². The van der Waals surface area contributed by atoms with E-state index in [2.05, 4.69) is 0 Å². The Morgan fingerprint density at radius 2 is 2.22 bits per heavy atom. The van der Waals surface area contributed by atoms with Gasteiger partial charge in [0.15, 0.2) is 6.10 Å². The van der Waals surface area contributed by atoms with Crippen LogP contribution in [0, 0.1) is 0 Å². The largest absolute Gasteiger partial charge is 0.480 e. The van der Waals surface area contributed by atoms with E-state index >= 15 is 0 Å². The van der Waals surface area contributed by atoms with Crippen LogP contribution in [0.15, 0.2) is 24.3 Å². The van der Waals surface area contributed by atoms with Crippen molar-refractivity contribution in [3.05, 3.63) is 29.8 Å². The van der Waals surface area contributed by atoms with Crippen molar-refractivity contribution >= 4 is 5.91 Å². The Hall–Kier alpha value is -1.55. The summed E-state index contributed by atoms with van der Waals surface area (Å²) >= 11 is 0. The average molecular weight is 249 g/mol. The molecule has 1 heterocycles. The summed E-state index contributed by atoms with van der Waals surface area (Å²) in [4.78, 5) is 14.0. The van der Waals surface area contributed by atoms with Gasteiger partial charge in [0.25, 0.3) is 5.91 Å². The van der Waals surface area contributed by atoms with Crippen LogP contribution in [0.5, 0.6) is 5.75 Å². The van der Waals surface area contributed by atoms with Crippen molar-refractivity contribution in [1.29, 1.82) is 0 Å². The second kappa shape index (κ2) is 5.40. The summed E-state index contributed by atoms with van der Waals surface area (Å²) in [5.74, 6) is 0.749. The van der Waals surface area contributed by atoms with E-state index < -0.39 is 6.10 Å². The third-order valence-corrected chi connectivity index (χ3v) is 3.17. The quantitative estimate of drug-likeness (QED) is 0.873. The number of benzene rings is 1. The van der Waals surface area contributed by atoms with Gasteiger partial charge in [0.05, 0.1) is 6.61 Å². The second-order valence-corrected chi connectivity index (χ2v) is 4.77. The molecule has 2 rings (SSSR count). The first kappa shape index (κ1) is 12.9. The van der Waals surface area contributed by atoms with E-state index in [-0.39, 0.29) is 18.6 Å². The van der Waals surface area contributed by atoms with Crippen LogP contribution in [0.3, 0.4) is 0 Å². The number of nitrogens with zero attached hydrogens (tertiary/aromatic N) is 1. The second-order valence-electron chi connectivity index (χ2n) is 4.77. The summed E-state index contributed by atoms with van der Waals surface area (Å²) in [6.45, 7) is 4.21. The Labute approximate surface area is 107 Å². The molecule has 1 aliphatic heterocycles. The van der Waals surface area contributed by atoms with Crippen LogP contribution in [0.4, 0.5) is 0 Å². The molecule has 1 amide bonds. The number of para-hydroxylation sites is 1. The lowest BCUT2D eigenvalue weighted by Crippen LogP contribution is -2.46. The first-order valence-electron chi connectivity index (χ1n) is 6.29. The lowest BCUT2D eigenvalue weighted by Gasteiger charge is -2.28. The van der Waals surface area contributed by atoms with Crippen molar-refractivity contribution in [3.8, 4) is 5.75 Å². The van der Waals surface area contributed by atoms with Gasteiger partial charge in [0.1, 0.15) is 5.75 Å². The van der Waals surface area contributed by atoms with Crippen LogP contribution >= 0.6 is 0 Å². The minimum Gasteiger partial charge on any atom is -0.480 e. The Balaban J connectivity index is 2.08. The number of aliphatic hydroxyl groups is 1. The van der Waals surface area contributed by atoms with Gasteiger partial charge in [-0.15, -0.1) is 0 Å². The van der Waals surface area contributed by atoms with E-state index in [1.165, 1.54) is 0 Å². The zero-order chi connectivity index (χ0) is 13.1. The van der Waals surface area contributed by atoms with Gasteiger partial charge in [-0.1, -0.05) is 18.2 Å². The monoisotopic (exact) mass is 249 g/mol. The van der Waals surface area contributed by atoms with Crippen molar-refractivity contribution in [2.45, 2.75) is 32.4 Å². The third kappa shape index (κ3) is 2.48. The summed E-state index contributed by atoms with van der Waals surface area (Å²) in [5, 5.41) is 9.02. The summed E-state index contributed by atoms with van der Waals surface area (Å²) in [7, 11) is 0. The molecule has 0 aromatic heterocycles. The number of ether oxygens (including phenoxy) is 1. The van der Waals surface area contributed by atoms with Crippen LogP contribution in [0.2, 0.25) is 0 Å². The number of carbonyl (C=O) groups excluding carboxylic acids is 1. The summed E-state index contributed by atoms with van der Waals surface area (Å²) < 4.78 is 5.67. The summed E-state index contributed by atoms with van der Waals surface area (Å²) in [6, 6.07) is 7.78. The van der Waals surface area contributed by atoms with E-state index in [1.54, 1.807) is 4.90 Å². The molecule has 4 nitrogen and oxygen atoms in total. The van der Waals surface area contributed by atoms with Gasteiger partial charge < -0.3 is 14.7 Å². The number of hydrogen-bond acceptors (Lipinski definition) is 3. The molecule has 4 heteroatoms. The topological polar surface area (TPSA) is 49.8 Å². The fraction of sp³-hybridized carbons (Fsp3) is 0.500. The molecule has 1 aromatic rings. The van der Waals surface area contributed by atoms with Gasteiger partial charge >= 0.3 is 0 Å². The van der Waals surface area contributed by atoms with Gasteiger partial charge in [-0.2, -0.15) is 0 Å². The average Bonchev–Trinajstić information content (AvgIpc) is 2.78. The molecule has 0 saturated carbocycles. The summed E-state index contributed by atoms with van der Waals surface area (Å²) in [5.41, 5.74) is 1.07. The van der Waals surface area contributed by atoms with E-state index in [9.17, 15) is 4.79 Å². The Kier molecular flexibility index (Phi) is 3.87. The highest BCUT2D eigenvalue weighted by molar-refractivity contribution is 5.83. The third-order valence-electron chi connectivity index (χ3n) is 3.17. The highest BCUT2D eigenvalue weighted by Gasteiger charge is 2.32. The molecular formula is C14H19NO3. The zero-order valence-corrected chi connectivity index (χ0v) is 10.8. The van der Waals surface area contributed by atoms with Gasteiger partial charge in [0.2, 0.25) is 0 Å². The predicted molar refractivity (Wildman–Crippen MR) is 68.5 cm³/mol. The predicted octanol–water partition coefficient (Wildman–Crippen LogP) is 1.22. The number of hydrogen-bond donors (Lipinski definition) is 1. The number of rotatable bonds is 4. The molecule has 1 aromatic carbocycles. The lowest BCUT2D eigenvalue weighted by molar-refractivity contribution is -0.140. The smallest absolute Gasteiger partial charge is 0.264 e. The minimum atomic E-state index is -0.448. The Bertz CT molecular complexity index is 406. The van der Waals surface area contributed by atoms with Crippen molar-refractivity contribution < 1.29 is 14.6 Å². The zero-order valence-electron chi connectivity index (χ0n) is 10.8. The van der Waals surface area contributed by atoms with Crippen molar-refractivity contribution in [1.82, 2.24) is 4.90 Å². The fourth-order valence-corrected chi connectivity index (χ4v) is 2.24. The first-order valence-corrected chi connectivity index (χ1v) is 6.29. The van der Waals surface area contributed by atoms with Gasteiger partial charge in [0, 0.05) is 19.0 Å². The van der Waals surface area contributed by atoms with Crippen molar-refractivity contribution in [2.75, 3.05) is 13.2 Å². The van der Waals surface area contributed by atoms with Crippen LogP contribution in [-0.2, 0) is 11.2 Å². The van der Waals surface area contributed by atoms with Crippen LogP contribution in [0.1, 0.15) is 19.4 Å². The lowest BCUT2D eigenvalue weighted by atomic mass is 10.1. The molecular weight excluding hydrogens is 230 g/mol. The maximum atomic E-state index is 12.3. The Morgan fingerprint density at radius 3 is 2.83 bits per heavy atom. The first-order chi connectivity index (χ1) is 8.63. The van der Waals surface area contributed by atoms with Crippen molar-refractivity contribution in [3.63, 3.8) is 0 Å². The molecule has 0 fully saturated rings. The van der Waals surface area contributed by atoms with Gasteiger partial charge in [-0.05, 0) is 25.5 Å². The van der Waals surface area contributed by atoms with E-state index in [0.29, 0.717) is 13.0 Å². The van der Waals surface area contributed by atoms with Crippen LogP contribution < -0.4 is 4.74 Å². The fourth-order valence-electron chi connectivity index (χ4n) is 2.24. The Morgan fingerprint density at radius 1 is 1.50 bits per heavy atom. The molecule has 0 saturated heterocycles. The maximum Gasteiger partial charge on any atom is 0.264 e. The number of aliphatic hydroxyl groups excluding tert-OH is 1. The summed E-state index contributed by atoms with van der Waals surface area (Å²) in [6.07, 6.45) is 0.167. The molecule has 0 radical (unpaired) electrons. The van der Waals surface area contributed by atoms with E-state index in [1.807, 2.05) is 38.1 Å². The van der Waals surface area contributed by atoms with Crippen molar-refractivity contribution in [2.24, 2.45) is 0 Å². The molecule has 0 bridgehead atoms. The molecule has 1 unspecified atom stereocenters. The van der Waals surface area contributed by atoms with Crippen LogP contribution in [-0.4, -0.2) is 41.2 Å². The highest BCUT2D eigenvalue weighted by atomic mass is 16.5. The number of amides is 1. The highest BCUT2D eigenvalue weighted by Crippen LogP contribution is 2.29. The maximum absolute atomic E-state index is 12.3. The minimum absolute atomic E-state index is 0.0242. The SMILES string of the molecule is CC(C)N(CCO)C(=O)C1Cc2ccccc2O1. The number of fused-ring (bicyclic) bond motifs is 1. The molecule has 1 aliphatic rings. The standard InChI is InChI=1S/C14H19NO3/c1-10(2)15(7-8-16)14(17)13-9-11-5-3-4-6-12(11)18-13/h3-6,10,13,16H,7-9H2,1-2H3. The normalized spacial score (nSPS) is 17.4. The molecule has 0 spiro atoms. The molecule has 18 heavy (non-hydrogen) atoms. The van der Waals surface area contributed by atoms with Gasteiger partial charge in [-0.3, -0.25) is 4.79 Å². The molecule has 1 N–H and O–H groups in total. The molecule has 0 aliphatic carbocycles. The van der Waals surface area contributed by atoms with Gasteiger partial charge in [-0.25, -0.2) is 0 Å². The molecule has 98 valence electrons. The molecule has 1 atom stereocenters.